The predicted molar refractivity (Wildman–Crippen MR) is 50.9 cm³/mol. The second-order valence-electron chi connectivity index (χ2n) is 3.07. The Bertz CT molecular complexity index is 272. The molecule has 0 saturated heterocycles. The molecule has 1 amide bonds. The van der Waals surface area contributed by atoms with Gasteiger partial charge in [0.25, 0.3) is 0 Å². The van der Waals surface area contributed by atoms with Crippen molar-refractivity contribution in [3.05, 3.63) is 30.1 Å². The average molecular weight is 178 g/mol. The molecule has 13 heavy (non-hydrogen) atoms. The van der Waals surface area contributed by atoms with Crippen molar-refractivity contribution >= 4 is 5.91 Å². The summed E-state index contributed by atoms with van der Waals surface area (Å²) >= 11 is 0. The van der Waals surface area contributed by atoms with Crippen LogP contribution < -0.4 is 5.73 Å². The summed E-state index contributed by atoms with van der Waals surface area (Å²) in [6.45, 7) is 1.96. The number of carbonyl (C=O) groups is 1. The van der Waals surface area contributed by atoms with E-state index in [1.54, 1.807) is 12.4 Å². The van der Waals surface area contributed by atoms with Crippen molar-refractivity contribution in [2.75, 3.05) is 0 Å². The van der Waals surface area contributed by atoms with E-state index in [0.717, 1.165) is 12.0 Å². The second-order valence-corrected chi connectivity index (χ2v) is 3.07. The van der Waals surface area contributed by atoms with Gasteiger partial charge in [-0.15, -0.1) is 0 Å². The molecule has 2 N–H and O–H groups in total. The molecular weight excluding hydrogens is 164 g/mol. The zero-order valence-electron chi connectivity index (χ0n) is 7.73. The van der Waals surface area contributed by atoms with E-state index >= 15 is 0 Å². The molecule has 0 saturated carbocycles. The Hall–Kier alpha value is -1.38. The quantitative estimate of drug-likeness (QED) is 0.751. The van der Waals surface area contributed by atoms with Crippen LogP contribution in [-0.4, -0.2) is 10.9 Å². The van der Waals surface area contributed by atoms with Crippen LogP contribution >= 0.6 is 0 Å². The molecular formula is C10H14N2O. The molecule has 0 aliphatic rings. The molecule has 3 heteroatoms. The third-order valence-corrected chi connectivity index (χ3v) is 2.10. The predicted octanol–water partition coefficient (Wildman–Crippen LogP) is 1.14. The molecule has 1 aromatic heterocycles. The molecule has 0 spiro atoms. The van der Waals surface area contributed by atoms with Crippen LogP contribution in [0.2, 0.25) is 0 Å². The van der Waals surface area contributed by atoms with Crippen LogP contribution in [0.3, 0.4) is 0 Å². The Morgan fingerprint density at radius 3 is 2.92 bits per heavy atom. The summed E-state index contributed by atoms with van der Waals surface area (Å²) in [5, 5.41) is 0. The maximum absolute atomic E-state index is 10.9. The number of rotatable bonds is 4. The molecule has 1 rings (SSSR count). The van der Waals surface area contributed by atoms with Crippen molar-refractivity contribution in [2.24, 2.45) is 11.7 Å². The number of amides is 1. The van der Waals surface area contributed by atoms with Gasteiger partial charge < -0.3 is 5.73 Å². The largest absolute Gasteiger partial charge is 0.369 e. The molecule has 70 valence electrons. The fourth-order valence-corrected chi connectivity index (χ4v) is 1.25. The van der Waals surface area contributed by atoms with E-state index in [9.17, 15) is 4.79 Å². The van der Waals surface area contributed by atoms with Crippen molar-refractivity contribution in [3.8, 4) is 0 Å². The van der Waals surface area contributed by atoms with E-state index in [0.29, 0.717) is 6.42 Å². The van der Waals surface area contributed by atoms with Gasteiger partial charge in [-0.05, 0) is 24.5 Å². The van der Waals surface area contributed by atoms with Crippen molar-refractivity contribution in [1.82, 2.24) is 4.98 Å². The Morgan fingerprint density at radius 2 is 2.46 bits per heavy atom. The fourth-order valence-electron chi connectivity index (χ4n) is 1.25. The number of aromatic nitrogens is 1. The minimum atomic E-state index is -0.230. The minimum absolute atomic E-state index is 0.0656. The summed E-state index contributed by atoms with van der Waals surface area (Å²) in [6, 6.07) is 3.82. The SMILES string of the molecule is CC[C@H](Cc1cccnc1)C(N)=O. The highest BCUT2D eigenvalue weighted by molar-refractivity contribution is 5.76. The van der Waals surface area contributed by atoms with Gasteiger partial charge in [0.15, 0.2) is 0 Å². The lowest BCUT2D eigenvalue weighted by Gasteiger charge is -2.09. The third kappa shape index (κ3) is 2.86. The Labute approximate surface area is 78.0 Å². The first-order valence-electron chi connectivity index (χ1n) is 4.42. The molecule has 0 aliphatic heterocycles. The molecule has 0 aliphatic carbocycles. The van der Waals surface area contributed by atoms with Gasteiger partial charge >= 0.3 is 0 Å². The Morgan fingerprint density at radius 1 is 1.69 bits per heavy atom. The number of pyridine rings is 1. The molecule has 0 bridgehead atoms. The van der Waals surface area contributed by atoms with Gasteiger partial charge in [-0.25, -0.2) is 0 Å². The zero-order valence-corrected chi connectivity index (χ0v) is 7.73. The lowest BCUT2D eigenvalue weighted by Crippen LogP contribution is -2.24. The highest BCUT2D eigenvalue weighted by Crippen LogP contribution is 2.10. The standard InChI is InChI=1S/C10H14N2O/c1-2-9(10(11)13)6-8-4-3-5-12-7-8/h3-5,7,9H,2,6H2,1H3,(H2,11,13)/t9-/m1/s1. The van der Waals surface area contributed by atoms with Crippen molar-refractivity contribution < 1.29 is 4.79 Å². The maximum atomic E-state index is 10.9. The van der Waals surface area contributed by atoms with E-state index < -0.39 is 0 Å². The topological polar surface area (TPSA) is 56.0 Å². The minimum Gasteiger partial charge on any atom is -0.369 e. The summed E-state index contributed by atoms with van der Waals surface area (Å²) < 4.78 is 0. The van der Waals surface area contributed by atoms with Crippen LogP contribution in [0.1, 0.15) is 18.9 Å². The monoisotopic (exact) mass is 178 g/mol. The number of hydrogen-bond acceptors (Lipinski definition) is 2. The van der Waals surface area contributed by atoms with Gasteiger partial charge in [-0.3, -0.25) is 9.78 Å². The van der Waals surface area contributed by atoms with Crippen LogP contribution in [0, 0.1) is 5.92 Å². The summed E-state index contributed by atoms with van der Waals surface area (Å²) in [4.78, 5) is 14.9. The fraction of sp³-hybridized carbons (Fsp3) is 0.400. The first-order valence-corrected chi connectivity index (χ1v) is 4.42. The summed E-state index contributed by atoms with van der Waals surface area (Å²) in [5.41, 5.74) is 6.30. The molecule has 0 aromatic carbocycles. The number of carbonyl (C=O) groups excluding carboxylic acids is 1. The van der Waals surface area contributed by atoms with Crippen molar-refractivity contribution in [1.29, 1.82) is 0 Å². The second kappa shape index (κ2) is 4.60. The van der Waals surface area contributed by atoms with Gasteiger partial charge in [0.1, 0.15) is 0 Å². The van der Waals surface area contributed by atoms with Crippen LogP contribution in [-0.2, 0) is 11.2 Å². The molecule has 1 aromatic rings. The number of hydrogen-bond donors (Lipinski definition) is 1. The van der Waals surface area contributed by atoms with E-state index in [2.05, 4.69) is 4.98 Å². The van der Waals surface area contributed by atoms with Crippen LogP contribution in [0.25, 0.3) is 0 Å². The van der Waals surface area contributed by atoms with E-state index in [1.807, 2.05) is 19.1 Å². The lowest BCUT2D eigenvalue weighted by atomic mass is 9.97. The smallest absolute Gasteiger partial charge is 0.220 e. The highest BCUT2D eigenvalue weighted by atomic mass is 16.1. The van der Waals surface area contributed by atoms with Gasteiger partial charge in [-0.1, -0.05) is 13.0 Å². The van der Waals surface area contributed by atoms with E-state index in [4.69, 9.17) is 5.73 Å². The summed E-state index contributed by atoms with van der Waals surface area (Å²) in [5.74, 6) is -0.296. The first-order chi connectivity index (χ1) is 6.24. The van der Waals surface area contributed by atoms with Gasteiger partial charge in [0.05, 0.1) is 0 Å². The summed E-state index contributed by atoms with van der Waals surface area (Å²) in [7, 11) is 0. The molecule has 0 unspecified atom stereocenters. The lowest BCUT2D eigenvalue weighted by molar-refractivity contribution is -0.121. The summed E-state index contributed by atoms with van der Waals surface area (Å²) in [6.07, 6.45) is 4.96. The van der Waals surface area contributed by atoms with Gasteiger partial charge in [0, 0.05) is 18.3 Å². The Balaban J connectivity index is 2.62. The first kappa shape index (κ1) is 9.71. The maximum Gasteiger partial charge on any atom is 0.220 e. The zero-order chi connectivity index (χ0) is 9.68. The van der Waals surface area contributed by atoms with E-state index in [1.165, 1.54) is 0 Å². The number of nitrogens with two attached hydrogens (primary N) is 1. The average Bonchev–Trinajstić information content (AvgIpc) is 2.15. The van der Waals surface area contributed by atoms with E-state index in [-0.39, 0.29) is 11.8 Å². The third-order valence-electron chi connectivity index (χ3n) is 2.10. The Kier molecular flexibility index (Phi) is 3.43. The van der Waals surface area contributed by atoms with Gasteiger partial charge in [0.2, 0.25) is 5.91 Å². The molecule has 3 nitrogen and oxygen atoms in total. The molecule has 1 heterocycles. The normalized spacial score (nSPS) is 12.4. The number of nitrogens with zero attached hydrogens (tertiary/aromatic N) is 1. The molecule has 0 fully saturated rings. The number of primary amides is 1. The van der Waals surface area contributed by atoms with Crippen LogP contribution in [0.5, 0.6) is 0 Å². The van der Waals surface area contributed by atoms with Crippen molar-refractivity contribution in [3.63, 3.8) is 0 Å². The molecule has 1 atom stereocenters. The molecule has 0 radical (unpaired) electrons. The van der Waals surface area contributed by atoms with Crippen molar-refractivity contribution in [2.45, 2.75) is 19.8 Å². The van der Waals surface area contributed by atoms with Crippen LogP contribution in [0.15, 0.2) is 24.5 Å². The van der Waals surface area contributed by atoms with Crippen LogP contribution in [0.4, 0.5) is 0 Å². The van der Waals surface area contributed by atoms with Gasteiger partial charge in [-0.2, -0.15) is 0 Å². The highest BCUT2D eigenvalue weighted by Gasteiger charge is 2.12.